The molecule has 2 nitrogen and oxygen atoms in total. The third kappa shape index (κ3) is 5.03. The second kappa shape index (κ2) is 6.13. The predicted molar refractivity (Wildman–Crippen MR) is 56.8 cm³/mol. The van der Waals surface area contributed by atoms with Gasteiger partial charge in [0.25, 0.3) is 0 Å². The molecule has 1 N–H and O–H groups in total. The van der Waals surface area contributed by atoms with Crippen molar-refractivity contribution >= 4 is 11.3 Å². The van der Waals surface area contributed by atoms with E-state index in [-0.39, 0.29) is 0 Å². The number of hydroxylamine groups is 1. The minimum absolute atomic E-state index is 0.591. The van der Waals surface area contributed by atoms with E-state index in [4.69, 9.17) is 4.84 Å². The van der Waals surface area contributed by atoms with Crippen molar-refractivity contribution in [3.63, 3.8) is 0 Å². The van der Waals surface area contributed by atoms with Gasteiger partial charge in [-0.3, -0.25) is 0 Å². The Labute approximate surface area is 83.9 Å². The first kappa shape index (κ1) is 10.7. The van der Waals surface area contributed by atoms with Crippen LogP contribution < -0.4 is 5.48 Å². The molecule has 0 aliphatic carbocycles. The molecule has 1 rings (SSSR count). The van der Waals surface area contributed by atoms with Gasteiger partial charge in [0.05, 0.1) is 6.61 Å². The standard InChI is InChI=1S/C10H17NOS/c1-9(2)7-12-11-5-3-10-4-6-13-8-10/h4,6,8-9,11H,3,5,7H2,1-2H3. The van der Waals surface area contributed by atoms with Crippen molar-refractivity contribution in [3.05, 3.63) is 22.4 Å². The maximum atomic E-state index is 5.25. The summed E-state index contributed by atoms with van der Waals surface area (Å²) in [5.74, 6) is 0.591. The first-order chi connectivity index (χ1) is 6.29. The molecule has 0 fully saturated rings. The van der Waals surface area contributed by atoms with Gasteiger partial charge in [-0.15, -0.1) is 0 Å². The molecule has 0 radical (unpaired) electrons. The molecule has 0 aliphatic heterocycles. The molecule has 0 aliphatic rings. The van der Waals surface area contributed by atoms with Crippen molar-refractivity contribution in [2.75, 3.05) is 13.2 Å². The zero-order valence-corrected chi connectivity index (χ0v) is 9.06. The van der Waals surface area contributed by atoms with Gasteiger partial charge in [-0.2, -0.15) is 11.3 Å². The summed E-state index contributed by atoms with van der Waals surface area (Å²) >= 11 is 1.74. The monoisotopic (exact) mass is 199 g/mol. The smallest absolute Gasteiger partial charge is 0.0705 e. The minimum atomic E-state index is 0.591. The van der Waals surface area contributed by atoms with E-state index in [1.165, 1.54) is 5.56 Å². The first-order valence-corrected chi connectivity index (χ1v) is 5.59. The fourth-order valence-electron chi connectivity index (χ4n) is 0.928. The molecule has 74 valence electrons. The van der Waals surface area contributed by atoms with Gasteiger partial charge in [0, 0.05) is 6.54 Å². The van der Waals surface area contributed by atoms with Crippen LogP contribution in [0.15, 0.2) is 16.8 Å². The molecule has 1 heterocycles. The predicted octanol–water partition coefficient (Wildman–Crippen LogP) is 2.47. The van der Waals surface area contributed by atoms with Crippen LogP contribution in [0.5, 0.6) is 0 Å². The summed E-state index contributed by atoms with van der Waals surface area (Å²) in [6.07, 6.45) is 1.04. The first-order valence-electron chi connectivity index (χ1n) is 4.64. The van der Waals surface area contributed by atoms with Gasteiger partial charge in [0.15, 0.2) is 0 Å². The summed E-state index contributed by atoms with van der Waals surface area (Å²) in [4.78, 5) is 5.25. The average molecular weight is 199 g/mol. The van der Waals surface area contributed by atoms with E-state index in [9.17, 15) is 0 Å². The average Bonchev–Trinajstić information content (AvgIpc) is 2.55. The Morgan fingerprint density at radius 1 is 1.54 bits per heavy atom. The van der Waals surface area contributed by atoms with Gasteiger partial charge in [-0.05, 0) is 34.7 Å². The van der Waals surface area contributed by atoms with Gasteiger partial charge in [-0.25, -0.2) is 5.48 Å². The Kier molecular flexibility index (Phi) is 5.05. The van der Waals surface area contributed by atoms with Crippen molar-refractivity contribution < 1.29 is 4.84 Å². The fourth-order valence-corrected chi connectivity index (χ4v) is 1.63. The van der Waals surface area contributed by atoms with Crippen LogP contribution in [0.1, 0.15) is 19.4 Å². The van der Waals surface area contributed by atoms with Crippen LogP contribution in [-0.2, 0) is 11.3 Å². The van der Waals surface area contributed by atoms with Gasteiger partial charge in [0.2, 0.25) is 0 Å². The van der Waals surface area contributed by atoms with E-state index in [0.29, 0.717) is 5.92 Å². The summed E-state index contributed by atoms with van der Waals surface area (Å²) in [5, 5.41) is 4.27. The third-order valence-electron chi connectivity index (χ3n) is 1.61. The van der Waals surface area contributed by atoms with Gasteiger partial charge >= 0.3 is 0 Å². The second-order valence-corrected chi connectivity index (χ2v) is 4.26. The number of nitrogens with one attached hydrogen (secondary N) is 1. The normalized spacial score (nSPS) is 11.0. The lowest BCUT2D eigenvalue weighted by molar-refractivity contribution is 0.0247. The lowest BCUT2D eigenvalue weighted by atomic mass is 10.2. The molecular formula is C10H17NOS. The zero-order chi connectivity index (χ0) is 9.52. The summed E-state index contributed by atoms with van der Waals surface area (Å²) in [7, 11) is 0. The van der Waals surface area contributed by atoms with Crippen molar-refractivity contribution in [1.82, 2.24) is 5.48 Å². The summed E-state index contributed by atoms with van der Waals surface area (Å²) in [6, 6.07) is 2.15. The molecule has 13 heavy (non-hydrogen) atoms. The number of hydrogen-bond donors (Lipinski definition) is 1. The molecule has 0 saturated carbocycles. The van der Waals surface area contributed by atoms with Crippen LogP contribution in [0.25, 0.3) is 0 Å². The Morgan fingerprint density at radius 2 is 2.38 bits per heavy atom. The Hall–Kier alpha value is -0.380. The lowest BCUT2D eigenvalue weighted by Gasteiger charge is -2.06. The Balaban J connectivity index is 1.96. The maximum Gasteiger partial charge on any atom is 0.0705 e. The van der Waals surface area contributed by atoms with Crippen molar-refractivity contribution in [3.8, 4) is 0 Å². The molecule has 0 unspecified atom stereocenters. The van der Waals surface area contributed by atoms with Crippen LogP contribution in [0.4, 0.5) is 0 Å². The third-order valence-corrected chi connectivity index (χ3v) is 2.35. The quantitative estimate of drug-likeness (QED) is 0.561. The van der Waals surface area contributed by atoms with E-state index in [1.807, 2.05) is 0 Å². The SMILES string of the molecule is CC(C)CONCCc1ccsc1. The summed E-state index contributed by atoms with van der Waals surface area (Å²) in [5.41, 5.74) is 4.34. The van der Waals surface area contributed by atoms with Crippen molar-refractivity contribution in [2.45, 2.75) is 20.3 Å². The highest BCUT2D eigenvalue weighted by molar-refractivity contribution is 7.07. The van der Waals surface area contributed by atoms with Crippen LogP contribution in [-0.4, -0.2) is 13.2 Å². The topological polar surface area (TPSA) is 21.3 Å². The Morgan fingerprint density at radius 3 is 3.00 bits per heavy atom. The number of thiophene rings is 1. The molecule has 0 amide bonds. The van der Waals surface area contributed by atoms with Crippen LogP contribution >= 0.6 is 11.3 Å². The lowest BCUT2D eigenvalue weighted by Crippen LogP contribution is -2.20. The summed E-state index contributed by atoms with van der Waals surface area (Å²) in [6.45, 7) is 5.95. The minimum Gasteiger partial charge on any atom is -0.302 e. The highest BCUT2D eigenvalue weighted by Gasteiger charge is 1.94. The van der Waals surface area contributed by atoms with Crippen LogP contribution in [0, 0.1) is 5.92 Å². The molecule has 0 aromatic carbocycles. The summed E-state index contributed by atoms with van der Waals surface area (Å²) < 4.78 is 0. The van der Waals surface area contributed by atoms with E-state index in [1.54, 1.807) is 11.3 Å². The van der Waals surface area contributed by atoms with Gasteiger partial charge in [-0.1, -0.05) is 13.8 Å². The molecule has 0 spiro atoms. The zero-order valence-electron chi connectivity index (χ0n) is 8.25. The number of hydrogen-bond acceptors (Lipinski definition) is 3. The van der Waals surface area contributed by atoms with Gasteiger partial charge < -0.3 is 4.84 Å². The second-order valence-electron chi connectivity index (χ2n) is 3.48. The maximum absolute atomic E-state index is 5.25. The van der Waals surface area contributed by atoms with Crippen molar-refractivity contribution in [2.24, 2.45) is 5.92 Å². The van der Waals surface area contributed by atoms with Gasteiger partial charge in [0.1, 0.15) is 0 Å². The largest absolute Gasteiger partial charge is 0.302 e. The molecule has 3 heteroatoms. The van der Waals surface area contributed by atoms with E-state index < -0.39 is 0 Å². The van der Waals surface area contributed by atoms with Crippen molar-refractivity contribution in [1.29, 1.82) is 0 Å². The molecule has 1 aromatic heterocycles. The van der Waals surface area contributed by atoms with E-state index in [2.05, 4.69) is 36.2 Å². The molecule has 1 aromatic rings. The molecular weight excluding hydrogens is 182 g/mol. The highest BCUT2D eigenvalue weighted by atomic mass is 32.1. The van der Waals surface area contributed by atoms with E-state index >= 15 is 0 Å². The van der Waals surface area contributed by atoms with E-state index in [0.717, 1.165) is 19.6 Å². The molecule has 0 atom stereocenters. The molecule has 0 saturated heterocycles. The molecule has 0 bridgehead atoms. The highest BCUT2D eigenvalue weighted by Crippen LogP contribution is 2.05. The Bertz CT molecular complexity index is 209. The van der Waals surface area contributed by atoms with Crippen LogP contribution in [0.3, 0.4) is 0 Å². The fraction of sp³-hybridized carbons (Fsp3) is 0.600. The number of rotatable bonds is 6. The van der Waals surface area contributed by atoms with Crippen LogP contribution in [0.2, 0.25) is 0 Å².